The van der Waals surface area contributed by atoms with Crippen molar-refractivity contribution in [2.24, 2.45) is 0 Å². The van der Waals surface area contributed by atoms with Crippen molar-refractivity contribution in [2.45, 2.75) is 51.7 Å². The monoisotopic (exact) mass is 233 g/mol. The number of nitrogens with zero attached hydrogens (tertiary/aromatic N) is 1. The zero-order valence-electron chi connectivity index (χ0n) is 11.1. The first kappa shape index (κ1) is 12.4. The van der Waals surface area contributed by atoms with Crippen LogP contribution in [-0.2, 0) is 0 Å². The van der Waals surface area contributed by atoms with E-state index >= 15 is 0 Å². The van der Waals surface area contributed by atoms with Crippen molar-refractivity contribution >= 4 is 5.69 Å². The average molecular weight is 233 g/mol. The van der Waals surface area contributed by atoms with Gasteiger partial charge in [0.05, 0.1) is 6.10 Å². The molecule has 1 N–H and O–H groups in total. The lowest BCUT2D eigenvalue weighted by atomic mass is 9.91. The molecule has 2 nitrogen and oxygen atoms in total. The van der Waals surface area contributed by atoms with Crippen LogP contribution in [0.5, 0.6) is 0 Å². The highest BCUT2D eigenvalue weighted by atomic mass is 16.3. The summed E-state index contributed by atoms with van der Waals surface area (Å²) in [6, 6.07) is 7.05. The van der Waals surface area contributed by atoms with Gasteiger partial charge >= 0.3 is 0 Å². The van der Waals surface area contributed by atoms with E-state index < -0.39 is 0 Å². The van der Waals surface area contributed by atoms with E-state index in [2.05, 4.69) is 44.0 Å². The van der Waals surface area contributed by atoms with Crippen LogP contribution in [0.1, 0.15) is 36.8 Å². The molecular weight excluding hydrogens is 210 g/mol. The standard InChI is InChI=1S/C15H23NO/c1-11-5-4-6-12(2)15(11)16(3)13-7-9-14(17)10-8-13/h4-6,13-14,17H,7-10H2,1-3H3. The van der Waals surface area contributed by atoms with Crippen molar-refractivity contribution in [3.05, 3.63) is 29.3 Å². The molecule has 1 fully saturated rings. The highest BCUT2D eigenvalue weighted by Crippen LogP contribution is 2.30. The second kappa shape index (κ2) is 5.09. The predicted molar refractivity (Wildman–Crippen MR) is 72.6 cm³/mol. The van der Waals surface area contributed by atoms with Crippen LogP contribution in [0.25, 0.3) is 0 Å². The molecule has 0 bridgehead atoms. The Labute approximate surface area is 104 Å². The van der Waals surface area contributed by atoms with Crippen LogP contribution in [0.2, 0.25) is 0 Å². The number of hydrogen-bond acceptors (Lipinski definition) is 2. The van der Waals surface area contributed by atoms with E-state index in [0.29, 0.717) is 6.04 Å². The summed E-state index contributed by atoms with van der Waals surface area (Å²) in [5.74, 6) is 0. The van der Waals surface area contributed by atoms with Crippen LogP contribution in [0.15, 0.2) is 18.2 Å². The molecule has 0 unspecified atom stereocenters. The minimum absolute atomic E-state index is 0.0717. The summed E-state index contributed by atoms with van der Waals surface area (Å²) in [4.78, 5) is 2.41. The van der Waals surface area contributed by atoms with Crippen LogP contribution in [-0.4, -0.2) is 24.3 Å². The fraction of sp³-hybridized carbons (Fsp3) is 0.600. The van der Waals surface area contributed by atoms with Gasteiger partial charge in [0.2, 0.25) is 0 Å². The molecule has 0 amide bonds. The molecule has 0 saturated heterocycles. The summed E-state index contributed by atoms with van der Waals surface area (Å²) in [5, 5.41) is 9.57. The minimum atomic E-state index is -0.0717. The highest BCUT2D eigenvalue weighted by Gasteiger charge is 2.24. The third kappa shape index (κ3) is 2.63. The summed E-state index contributed by atoms with van der Waals surface area (Å²) in [6.45, 7) is 4.35. The molecule has 0 atom stereocenters. The van der Waals surface area contributed by atoms with E-state index in [9.17, 15) is 5.11 Å². The number of aliphatic hydroxyl groups is 1. The van der Waals surface area contributed by atoms with Gasteiger partial charge in [-0.2, -0.15) is 0 Å². The molecule has 1 saturated carbocycles. The largest absolute Gasteiger partial charge is 0.393 e. The zero-order chi connectivity index (χ0) is 12.4. The molecule has 1 aromatic carbocycles. The van der Waals surface area contributed by atoms with Crippen LogP contribution in [0, 0.1) is 13.8 Å². The van der Waals surface area contributed by atoms with Crippen LogP contribution in [0.4, 0.5) is 5.69 Å². The second-order valence-electron chi connectivity index (χ2n) is 5.31. The van der Waals surface area contributed by atoms with Gasteiger partial charge in [-0.15, -0.1) is 0 Å². The molecular formula is C15H23NO. The number of para-hydroxylation sites is 1. The quantitative estimate of drug-likeness (QED) is 0.848. The van der Waals surface area contributed by atoms with E-state index in [0.717, 1.165) is 25.7 Å². The van der Waals surface area contributed by atoms with Gasteiger partial charge in [0.15, 0.2) is 0 Å². The lowest BCUT2D eigenvalue weighted by Crippen LogP contribution is -2.37. The smallest absolute Gasteiger partial charge is 0.0541 e. The van der Waals surface area contributed by atoms with Gasteiger partial charge in [-0.25, -0.2) is 0 Å². The molecule has 2 heteroatoms. The summed E-state index contributed by atoms with van der Waals surface area (Å²) in [6.07, 6.45) is 4.02. The van der Waals surface area contributed by atoms with Gasteiger partial charge in [-0.3, -0.25) is 0 Å². The minimum Gasteiger partial charge on any atom is -0.393 e. The van der Waals surface area contributed by atoms with Crippen molar-refractivity contribution in [2.75, 3.05) is 11.9 Å². The maximum atomic E-state index is 9.57. The molecule has 0 aromatic heterocycles. The second-order valence-corrected chi connectivity index (χ2v) is 5.31. The number of aryl methyl sites for hydroxylation is 2. The Morgan fingerprint density at radius 1 is 1.06 bits per heavy atom. The third-order valence-corrected chi connectivity index (χ3v) is 4.01. The fourth-order valence-corrected chi connectivity index (χ4v) is 2.99. The molecule has 17 heavy (non-hydrogen) atoms. The molecule has 0 heterocycles. The van der Waals surface area contributed by atoms with E-state index in [-0.39, 0.29) is 6.10 Å². The molecule has 0 aliphatic heterocycles. The zero-order valence-corrected chi connectivity index (χ0v) is 11.1. The van der Waals surface area contributed by atoms with Crippen molar-refractivity contribution in [3.63, 3.8) is 0 Å². The van der Waals surface area contributed by atoms with Crippen LogP contribution >= 0.6 is 0 Å². The van der Waals surface area contributed by atoms with Gasteiger partial charge in [-0.05, 0) is 50.7 Å². The van der Waals surface area contributed by atoms with Crippen molar-refractivity contribution < 1.29 is 5.11 Å². The fourth-order valence-electron chi connectivity index (χ4n) is 2.99. The maximum absolute atomic E-state index is 9.57. The Kier molecular flexibility index (Phi) is 3.72. The molecule has 1 aliphatic rings. The average Bonchev–Trinajstić information content (AvgIpc) is 2.29. The number of anilines is 1. The number of hydrogen-bond donors (Lipinski definition) is 1. The van der Waals surface area contributed by atoms with Crippen LogP contribution in [0.3, 0.4) is 0 Å². The van der Waals surface area contributed by atoms with Crippen molar-refractivity contribution in [3.8, 4) is 0 Å². The van der Waals surface area contributed by atoms with E-state index in [1.54, 1.807) is 0 Å². The van der Waals surface area contributed by atoms with Gasteiger partial charge in [0.1, 0.15) is 0 Å². The number of benzene rings is 1. The Hall–Kier alpha value is -1.02. The SMILES string of the molecule is Cc1cccc(C)c1N(C)C1CCC(O)CC1. The summed E-state index contributed by atoms with van der Waals surface area (Å²) < 4.78 is 0. The van der Waals surface area contributed by atoms with E-state index in [1.165, 1.54) is 16.8 Å². The van der Waals surface area contributed by atoms with Gasteiger partial charge in [0, 0.05) is 18.8 Å². The summed E-state index contributed by atoms with van der Waals surface area (Å²) in [7, 11) is 2.19. The molecule has 94 valence electrons. The Morgan fingerprint density at radius 2 is 1.59 bits per heavy atom. The Morgan fingerprint density at radius 3 is 2.12 bits per heavy atom. The topological polar surface area (TPSA) is 23.5 Å². The van der Waals surface area contributed by atoms with Crippen LogP contribution < -0.4 is 4.90 Å². The van der Waals surface area contributed by atoms with Gasteiger partial charge < -0.3 is 10.0 Å². The van der Waals surface area contributed by atoms with Gasteiger partial charge in [-0.1, -0.05) is 18.2 Å². The van der Waals surface area contributed by atoms with Crippen molar-refractivity contribution in [1.82, 2.24) is 0 Å². The molecule has 1 aromatic rings. The molecule has 0 spiro atoms. The Bertz CT molecular complexity index is 360. The van der Waals surface area contributed by atoms with Gasteiger partial charge in [0.25, 0.3) is 0 Å². The first-order chi connectivity index (χ1) is 8.09. The lowest BCUT2D eigenvalue weighted by molar-refractivity contribution is 0.122. The lowest BCUT2D eigenvalue weighted by Gasteiger charge is -2.36. The number of aliphatic hydroxyl groups excluding tert-OH is 1. The van der Waals surface area contributed by atoms with E-state index in [1.807, 2.05) is 0 Å². The Balaban J connectivity index is 2.16. The summed E-state index contributed by atoms with van der Waals surface area (Å²) in [5.41, 5.74) is 4.06. The highest BCUT2D eigenvalue weighted by molar-refractivity contribution is 5.59. The van der Waals surface area contributed by atoms with E-state index in [4.69, 9.17) is 0 Å². The van der Waals surface area contributed by atoms with Crippen molar-refractivity contribution in [1.29, 1.82) is 0 Å². The first-order valence-corrected chi connectivity index (χ1v) is 6.56. The molecule has 1 aliphatic carbocycles. The predicted octanol–water partition coefficient (Wildman–Crippen LogP) is 3.04. The molecule has 0 radical (unpaired) electrons. The third-order valence-electron chi connectivity index (χ3n) is 4.01. The maximum Gasteiger partial charge on any atom is 0.0541 e. The summed E-state index contributed by atoms with van der Waals surface area (Å²) >= 11 is 0. The number of rotatable bonds is 2. The molecule has 2 rings (SSSR count). The first-order valence-electron chi connectivity index (χ1n) is 6.56. The normalized spacial score (nSPS) is 24.7.